The Labute approximate surface area is 382 Å². The second kappa shape index (κ2) is 28.1. The van der Waals surface area contributed by atoms with Crippen molar-refractivity contribution in [3.05, 3.63) is 85.1 Å². The van der Waals surface area contributed by atoms with E-state index in [1.165, 1.54) is 7.11 Å². The fourth-order valence-corrected chi connectivity index (χ4v) is 8.17. The lowest BCUT2D eigenvalue weighted by Crippen LogP contribution is -2.57. The standard InChI is InChI=1S/C48H75NO16/c1-29-18-16-14-12-10-8-6-7-9-11-13-15-17-19-36(64-43-26-37(49)46(58)32(4)63-43)25-41-44(47(59)60)40(55)28-48(61-5,65-41)27-35(52)23-39(54)38(53)21-20-33(50)22-34(51)24-42(56)62-31(3)30(2)45(29)57/h6-19,29-41,43-46,50-55,57-58H,20-28,49H2,1-5H3,(H,59,60)/b7-6+,10-8+,11-9+,14-12+,15-13+,18-16+,19-17+/t29-,30-,31-,32+,33?,34?,35?,36?,37+,38?,39?,40-,41-,43?,44?,45?,46?,48?/m0/s1. The van der Waals surface area contributed by atoms with Gasteiger partial charge in [-0.05, 0) is 33.1 Å². The Hall–Kier alpha value is -3.40. The third-order valence-corrected chi connectivity index (χ3v) is 12.2. The van der Waals surface area contributed by atoms with Gasteiger partial charge in [0.2, 0.25) is 0 Å². The predicted molar refractivity (Wildman–Crippen MR) is 240 cm³/mol. The van der Waals surface area contributed by atoms with Crippen LogP contribution in [0.5, 0.6) is 0 Å². The Morgan fingerprint density at radius 3 is 1.83 bits per heavy atom. The van der Waals surface area contributed by atoms with E-state index in [2.05, 4.69) is 0 Å². The highest BCUT2D eigenvalue weighted by molar-refractivity contribution is 5.71. The van der Waals surface area contributed by atoms with Crippen molar-refractivity contribution in [1.82, 2.24) is 0 Å². The number of rotatable bonds is 4. The number of ether oxygens (including phenoxy) is 5. The number of nitrogens with two attached hydrogens (primary N) is 1. The number of aliphatic hydroxyl groups is 8. The van der Waals surface area contributed by atoms with E-state index in [1.807, 2.05) is 61.6 Å². The number of cyclic esters (lactones) is 1. The van der Waals surface area contributed by atoms with E-state index < -0.39 is 122 Å². The van der Waals surface area contributed by atoms with E-state index in [0.29, 0.717) is 0 Å². The van der Waals surface area contributed by atoms with Crippen LogP contribution >= 0.6 is 0 Å². The van der Waals surface area contributed by atoms with Crippen LogP contribution in [0.3, 0.4) is 0 Å². The molecule has 3 rings (SSSR count). The van der Waals surface area contributed by atoms with Gasteiger partial charge in [-0.15, -0.1) is 0 Å². The summed E-state index contributed by atoms with van der Waals surface area (Å²) in [6, 6.07) is -0.652. The van der Waals surface area contributed by atoms with Crippen molar-refractivity contribution in [3.8, 4) is 0 Å². The Morgan fingerprint density at radius 1 is 0.677 bits per heavy atom. The molecule has 0 aromatic carbocycles. The van der Waals surface area contributed by atoms with Crippen LogP contribution in [-0.4, -0.2) is 156 Å². The lowest BCUT2D eigenvalue weighted by atomic mass is 9.82. The molecule has 18 atom stereocenters. The largest absolute Gasteiger partial charge is 0.481 e. The van der Waals surface area contributed by atoms with Crippen LogP contribution in [0.1, 0.15) is 85.5 Å². The molecule has 368 valence electrons. The number of carboxylic acid groups (broad SMARTS) is 1. The minimum absolute atomic E-state index is 0.0644. The van der Waals surface area contributed by atoms with Gasteiger partial charge < -0.3 is 75.4 Å². The molecule has 0 amide bonds. The summed E-state index contributed by atoms with van der Waals surface area (Å²) in [4.78, 5) is 25.2. The number of hydrogen-bond acceptors (Lipinski definition) is 16. The van der Waals surface area contributed by atoms with E-state index in [4.69, 9.17) is 29.4 Å². The van der Waals surface area contributed by atoms with Gasteiger partial charge in [0.05, 0.1) is 73.6 Å². The molecule has 11 unspecified atom stereocenters. The number of carbonyl (C=O) groups excluding carboxylic acids is 1. The number of carboxylic acids is 1. The van der Waals surface area contributed by atoms with Gasteiger partial charge in [-0.1, -0.05) is 98.9 Å². The molecule has 0 saturated carbocycles. The van der Waals surface area contributed by atoms with E-state index in [9.17, 15) is 55.5 Å². The van der Waals surface area contributed by atoms with Crippen LogP contribution in [0, 0.1) is 17.8 Å². The number of esters is 1. The first kappa shape index (κ1) is 55.9. The highest BCUT2D eigenvalue weighted by Crippen LogP contribution is 2.40. The number of aliphatic hydroxyl groups excluding tert-OH is 8. The van der Waals surface area contributed by atoms with Crippen molar-refractivity contribution in [2.75, 3.05) is 7.11 Å². The highest BCUT2D eigenvalue weighted by Gasteiger charge is 2.51. The molecule has 2 saturated heterocycles. The number of fused-ring (bicyclic) bond motifs is 2. The van der Waals surface area contributed by atoms with Gasteiger partial charge >= 0.3 is 11.9 Å². The first-order valence-electron chi connectivity index (χ1n) is 22.6. The van der Waals surface area contributed by atoms with E-state index >= 15 is 0 Å². The smallest absolute Gasteiger partial charge is 0.311 e. The topological polar surface area (TPSA) is 288 Å². The van der Waals surface area contributed by atoms with Gasteiger partial charge in [0.25, 0.3) is 0 Å². The SMILES string of the molecule is COC12CC(O)CC(O)C(O)CCC(O)CC(O)CC(=O)O[C@@H](C)[C@H](C)C(O)[C@@H](C)/C=C/C=C/C=C/C=C/C=C/C=C/C=C/C(OC3C[C@@H](N)C(O)[C@@H](C)O3)C[C@H](O1)C(C(=O)O)[C@@H](O)C2. The van der Waals surface area contributed by atoms with Crippen LogP contribution in [0.25, 0.3) is 0 Å². The summed E-state index contributed by atoms with van der Waals surface area (Å²) in [5.41, 5.74) is 6.16. The average Bonchev–Trinajstić information content (AvgIpc) is 3.23. The lowest BCUT2D eigenvalue weighted by molar-refractivity contribution is -0.314. The minimum atomic E-state index is -1.73. The number of aliphatic carboxylic acids is 1. The molecule has 3 aliphatic rings. The molecule has 2 bridgehead atoms. The average molecular weight is 922 g/mol. The van der Waals surface area contributed by atoms with Gasteiger partial charge in [0, 0.05) is 57.1 Å². The maximum atomic E-state index is 12.6. The Kier molecular flexibility index (Phi) is 24.1. The van der Waals surface area contributed by atoms with Gasteiger partial charge in [0.1, 0.15) is 12.0 Å². The number of methoxy groups -OCH3 is 1. The summed E-state index contributed by atoms with van der Waals surface area (Å²) in [5, 5.41) is 96.6. The molecular weight excluding hydrogens is 847 g/mol. The molecule has 17 nitrogen and oxygen atoms in total. The van der Waals surface area contributed by atoms with Crippen molar-refractivity contribution in [3.63, 3.8) is 0 Å². The van der Waals surface area contributed by atoms with Gasteiger partial charge in [-0.3, -0.25) is 9.59 Å². The van der Waals surface area contributed by atoms with Crippen molar-refractivity contribution < 1.29 is 79.2 Å². The Balaban J connectivity index is 1.86. The zero-order valence-electron chi connectivity index (χ0n) is 38.2. The van der Waals surface area contributed by atoms with Gasteiger partial charge in [-0.2, -0.15) is 0 Å². The number of carbonyl (C=O) groups is 2. The predicted octanol–water partition coefficient (Wildman–Crippen LogP) is 2.40. The first-order chi connectivity index (χ1) is 30.7. The summed E-state index contributed by atoms with van der Waals surface area (Å²) in [6.45, 7) is 6.91. The second-order valence-electron chi connectivity index (χ2n) is 17.6. The summed E-state index contributed by atoms with van der Waals surface area (Å²) < 4.78 is 29.7. The Bertz CT molecular complexity index is 1640. The van der Waals surface area contributed by atoms with Crippen LogP contribution in [-0.2, 0) is 33.3 Å². The second-order valence-corrected chi connectivity index (χ2v) is 17.6. The molecule has 0 aromatic rings. The monoisotopic (exact) mass is 922 g/mol. The number of allylic oxidation sites excluding steroid dienone is 12. The molecule has 11 N–H and O–H groups in total. The molecule has 3 heterocycles. The Morgan fingerprint density at radius 2 is 1.26 bits per heavy atom. The summed E-state index contributed by atoms with van der Waals surface area (Å²) in [5.74, 6) is -5.91. The normalized spacial score (nSPS) is 44.3. The lowest BCUT2D eigenvalue weighted by Gasteiger charge is -2.46. The van der Waals surface area contributed by atoms with Crippen LogP contribution in [0.15, 0.2) is 85.1 Å². The van der Waals surface area contributed by atoms with Crippen LogP contribution in [0.4, 0.5) is 0 Å². The molecule has 0 aromatic heterocycles. The third kappa shape index (κ3) is 19.0. The van der Waals surface area contributed by atoms with Crippen molar-refractivity contribution in [2.24, 2.45) is 23.5 Å². The van der Waals surface area contributed by atoms with E-state index in [-0.39, 0.29) is 57.3 Å². The molecule has 0 radical (unpaired) electrons. The van der Waals surface area contributed by atoms with Crippen LogP contribution < -0.4 is 5.73 Å². The zero-order valence-corrected chi connectivity index (χ0v) is 38.2. The highest BCUT2D eigenvalue weighted by atomic mass is 16.7. The molecule has 0 spiro atoms. The fourth-order valence-electron chi connectivity index (χ4n) is 8.17. The summed E-state index contributed by atoms with van der Waals surface area (Å²) >= 11 is 0. The third-order valence-electron chi connectivity index (χ3n) is 12.2. The fraction of sp³-hybridized carbons (Fsp3) is 0.667. The molecule has 17 heteroatoms. The van der Waals surface area contributed by atoms with Crippen LogP contribution in [0.2, 0.25) is 0 Å². The zero-order chi connectivity index (χ0) is 48.3. The van der Waals surface area contributed by atoms with Crippen molar-refractivity contribution >= 4 is 11.9 Å². The minimum Gasteiger partial charge on any atom is -0.481 e. The van der Waals surface area contributed by atoms with Crippen molar-refractivity contribution in [2.45, 2.75) is 177 Å². The summed E-state index contributed by atoms with van der Waals surface area (Å²) in [6.07, 6.45) is 8.93. The number of hydrogen-bond donors (Lipinski definition) is 10. The maximum absolute atomic E-state index is 12.6. The molecule has 2 fully saturated rings. The van der Waals surface area contributed by atoms with Gasteiger partial charge in [-0.25, -0.2) is 0 Å². The molecule has 3 aliphatic heterocycles. The molecule has 0 aliphatic carbocycles. The molecular formula is C48H75NO16. The quantitative estimate of drug-likeness (QED) is 0.181. The van der Waals surface area contributed by atoms with E-state index in [0.717, 1.165) is 0 Å². The van der Waals surface area contributed by atoms with Gasteiger partial charge in [0.15, 0.2) is 12.1 Å². The van der Waals surface area contributed by atoms with E-state index in [1.54, 1.807) is 51.2 Å². The molecule has 65 heavy (non-hydrogen) atoms. The summed E-state index contributed by atoms with van der Waals surface area (Å²) in [7, 11) is 1.28. The maximum Gasteiger partial charge on any atom is 0.311 e. The van der Waals surface area contributed by atoms with Crippen molar-refractivity contribution in [1.29, 1.82) is 0 Å². The first-order valence-corrected chi connectivity index (χ1v) is 22.6.